The Morgan fingerprint density at radius 2 is 1.41 bits per heavy atom. The van der Waals surface area contributed by atoms with Gasteiger partial charge >= 0.3 is 0 Å². The molecule has 0 unspecified atom stereocenters. The number of likely N-dealkylation sites (tertiary alicyclic amines) is 1. The van der Waals surface area contributed by atoms with Crippen molar-refractivity contribution in [3.63, 3.8) is 0 Å². The van der Waals surface area contributed by atoms with Crippen molar-refractivity contribution in [3.05, 3.63) is 101 Å². The predicted molar refractivity (Wildman–Crippen MR) is 127 cm³/mol. The van der Waals surface area contributed by atoms with Crippen LogP contribution in [0.4, 0.5) is 5.69 Å². The van der Waals surface area contributed by atoms with Gasteiger partial charge in [-0.3, -0.25) is 9.63 Å². The van der Waals surface area contributed by atoms with Gasteiger partial charge in [0.05, 0.1) is 17.6 Å². The lowest BCUT2D eigenvalue weighted by molar-refractivity contribution is -0.138. The van der Waals surface area contributed by atoms with E-state index in [2.05, 4.69) is 12.1 Å². The highest BCUT2D eigenvalue weighted by molar-refractivity contribution is 6.30. The van der Waals surface area contributed by atoms with E-state index in [0.717, 1.165) is 42.7 Å². The summed E-state index contributed by atoms with van der Waals surface area (Å²) in [7, 11) is 0. The predicted octanol–water partition coefficient (Wildman–Crippen LogP) is 6.20. The number of hydroxylamine groups is 1. The second-order valence-electron chi connectivity index (χ2n) is 8.51. The molecule has 0 aliphatic carbocycles. The topological polar surface area (TPSA) is 32.8 Å². The van der Waals surface area contributed by atoms with Crippen LogP contribution in [0.25, 0.3) is 0 Å². The average Bonchev–Trinajstić information content (AvgIpc) is 3.26. The summed E-state index contributed by atoms with van der Waals surface area (Å²) >= 11 is 6.16. The van der Waals surface area contributed by atoms with E-state index < -0.39 is 6.10 Å². The second-order valence-corrected chi connectivity index (χ2v) is 8.94. The van der Waals surface area contributed by atoms with Gasteiger partial charge in [-0.25, -0.2) is 5.06 Å². The van der Waals surface area contributed by atoms with E-state index in [1.54, 1.807) is 0 Å². The molecule has 3 atom stereocenters. The molecule has 164 valence electrons. The Bertz CT molecular complexity index is 1040. The zero-order chi connectivity index (χ0) is 21.9. The molecule has 0 radical (unpaired) electrons. The van der Waals surface area contributed by atoms with Crippen molar-refractivity contribution in [2.75, 3.05) is 18.2 Å². The highest BCUT2D eigenvalue weighted by Gasteiger charge is 2.50. The lowest BCUT2D eigenvalue weighted by Gasteiger charge is -2.33. The van der Waals surface area contributed by atoms with Crippen molar-refractivity contribution in [3.8, 4) is 0 Å². The van der Waals surface area contributed by atoms with Crippen molar-refractivity contribution in [1.29, 1.82) is 0 Å². The van der Waals surface area contributed by atoms with E-state index in [0.29, 0.717) is 5.02 Å². The summed E-state index contributed by atoms with van der Waals surface area (Å²) in [6.45, 7) is 1.63. The largest absolute Gasteiger partial charge is 0.342 e. The van der Waals surface area contributed by atoms with E-state index in [1.807, 2.05) is 82.8 Å². The number of rotatable bonds is 4. The standard InChI is InChI=1S/C27H27ClN2O2/c28-22-16-14-21(15-17-22)26-24(27(31)29-18-8-3-9-19-29)25(20-10-4-1-5-11-20)30(32-26)23-12-6-2-7-13-23/h1-2,4-7,10-17,24-26H,3,8-9,18-19H2/t24-,25-,26+/m0/s1. The highest BCUT2D eigenvalue weighted by Crippen LogP contribution is 2.49. The van der Waals surface area contributed by atoms with Gasteiger partial charge in [0.2, 0.25) is 5.91 Å². The first-order chi connectivity index (χ1) is 15.7. The minimum Gasteiger partial charge on any atom is -0.342 e. The third-order valence-electron chi connectivity index (χ3n) is 6.45. The smallest absolute Gasteiger partial charge is 0.231 e. The molecule has 2 heterocycles. The number of nitrogens with zero attached hydrogens (tertiary/aromatic N) is 2. The first-order valence-electron chi connectivity index (χ1n) is 11.3. The van der Waals surface area contributed by atoms with Crippen LogP contribution in [0.5, 0.6) is 0 Å². The van der Waals surface area contributed by atoms with Crippen LogP contribution in [-0.4, -0.2) is 23.9 Å². The van der Waals surface area contributed by atoms with Crippen molar-refractivity contribution < 1.29 is 9.63 Å². The maximum absolute atomic E-state index is 14.0. The molecule has 0 bridgehead atoms. The Balaban J connectivity index is 1.61. The van der Waals surface area contributed by atoms with Gasteiger partial charge in [0.15, 0.2) is 0 Å². The number of benzene rings is 3. The van der Waals surface area contributed by atoms with Crippen LogP contribution in [-0.2, 0) is 9.63 Å². The summed E-state index contributed by atoms with van der Waals surface area (Å²) < 4.78 is 0. The van der Waals surface area contributed by atoms with Gasteiger partial charge in [-0.15, -0.1) is 0 Å². The van der Waals surface area contributed by atoms with Gasteiger partial charge in [-0.1, -0.05) is 72.3 Å². The van der Waals surface area contributed by atoms with Gasteiger partial charge < -0.3 is 4.90 Å². The fourth-order valence-electron chi connectivity index (χ4n) is 4.86. The monoisotopic (exact) mass is 446 g/mol. The minimum atomic E-state index is -0.396. The van der Waals surface area contributed by atoms with Crippen LogP contribution < -0.4 is 5.06 Å². The Morgan fingerprint density at radius 1 is 0.781 bits per heavy atom. The van der Waals surface area contributed by atoms with Crippen molar-refractivity contribution in [2.45, 2.75) is 31.4 Å². The molecule has 3 aromatic rings. The van der Waals surface area contributed by atoms with Crippen LogP contribution in [0.1, 0.15) is 42.5 Å². The summed E-state index contributed by atoms with van der Waals surface area (Å²) in [5.74, 6) is -0.200. The number of hydrogen-bond acceptors (Lipinski definition) is 3. The molecule has 4 nitrogen and oxygen atoms in total. The molecule has 2 fully saturated rings. The molecule has 1 amide bonds. The van der Waals surface area contributed by atoms with Crippen LogP contribution >= 0.6 is 11.6 Å². The first kappa shape index (κ1) is 21.0. The zero-order valence-electron chi connectivity index (χ0n) is 17.9. The lowest BCUT2D eigenvalue weighted by Crippen LogP contribution is -2.42. The number of halogens is 1. The van der Waals surface area contributed by atoms with Crippen LogP contribution in [0.15, 0.2) is 84.9 Å². The molecule has 0 saturated carbocycles. The van der Waals surface area contributed by atoms with Gasteiger partial charge in [-0.2, -0.15) is 0 Å². The Morgan fingerprint density at radius 3 is 2.06 bits per heavy atom. The fraction of sp³-hybridized carbons (Fsp3) is 0.296. The molecule has 0 aromatic heterocycles. The number of anilines is 1. The SMILES string of the molecule is O=C([C@@H]1[C@@H](c2ccc(Cl)cc2)ON(c2ccccc2)[C@H]1c1ccccc1)N1CCCCC1. The molecule has 5 rings (SSSR count). The Kier molecular flexibility index (Phi) is 6.15. The van der Waals surface area contributed by atoms with Crippen LogP contribution in [0.2, 0.25) is 5.02 Å². The summed E-state index contributed by atoms with van der Waals surface area (Å²) in [4.78, 5) is 22.6. The van der Waals surface area contributed by atoms with Crippen molar-refractivity contribution in [2.24, 2.45) is 5.92 Å². The quantitative estimate of drug-likeness (QED) is 0.478. The first-order valence-corrected chi connectivity index (χ1v) is 11.7. The van der Waals surface area contributed by atoms with Crippen molar-refractivity contribution >= 4 is 23.2 Å². The van der Waals surface area contributed by atoms with E-state index in [4.69, 9.17) is 16.4 Å². The number of carbonyl (C=O) groups excluding carboxylic acids is 1. The molecule has 5 heteroatoms. The van der Waals surface area contributed by atoms with E-state index in [-0.39, 0.29) is 17.9 Å². The molecule has 2 aliphatic rings. The van der Waals surface area contributed by atoms with E-state index >= 15 is 0 Å². The number of piperidine rings is 1. The summed E-state index contributed by atoms with van der Waals surface area (Å²) in [6, 6.07) is 27.7. The number of hydrogen-bond donors (Lipinski definition) is 0. The zero-order valence-corrected chi connectivity index (χ0v) is 18.7. The summed E-state index contributed by atoms with van der Waals surface area (Å²) in [5, 5.41) is 2.60. The van der Waals surface area contributed by atoms with Gasteiger partial charge in [0.1, 0.15) is 6.10 Å². The Labute approximate surface area is 194 Å². The average molecular weight is 447 g/mol. The molecule has 2 saturated heterocycles. The number of para-hydroxylation sites is 1. The van der Waals surface area contributed by atoms with E-state index in [1.165, 1.54) is 6.42 Å². The third kappa shape index (κ3) is 4.13. The minimum absolute atomic E-state index is 0.164. The third-order valence-corrected chi connectivity index (χ3v) is 6.70. The van der Waals surface area contributed by atoms with Gasteiger partial charge in [0, 0.05) is 18.1 Å². The maximum Gasteiger partial charge on any atom is 0.231 e. The van der Waals surface area contributed by atoms with Crippen molar-refractivity contribution in [1.82, 2.24) is 4.90 Å². The molecular weight excluding hydrogens is 420 g/mol. The number of carbonyl (C=O) groups is 1. The van der Waals surface area contributed by atoms with Crippen LogP contribution in [0.3, 0.4) is 0 Å². The number of amides is 1. The van der Waals surface area contributed by atoms with Gasteiger partial charge in [-0.05, 0) is 54.7 Å². The lowest BCUT2D eigenvalue weighted by atomic mass is 9.84. The molecule has 0 N–H and O–H groups in total. The fourth-order valence-corrected chi connectivity index (χ4v) is 4.99. The Hall–Kier alpha value is -2.82. The normalized spacial score (nSPS) is 23.3. The highest BCUT2D eigenvalue weighted by atomic mass is 35.5. The molecular formula is C27H27ClN2O2. The van der Waals surface area contributed by atoms with E-state index in [9.17, 15) is 4.79 Å². The molecule has 0 spiro atoms. The van der Waals surface area contributed by atoms with Crippen LogP contribution in [0, 0.1) is 5.92 Å². The maximum atomic E-state index is 14.0. The molecule has 32 heavy (non-hydrogen) atoms. The summed E-state index contributed by atoms with van der Waals surface area (Å²) in [6.07, 6.45) is 2.91. The summed E-state index contributed by atoms with van der Waals surface area (Å²) in [5.41, 5.74) is 2.97. The molecule has 2 aliphatic heterocycles. The second kappa shape index (κ2) is 9.35. The molecule has 3 aromatic carbocycles. The van der Waals surface area contributed by atoms with Gasteiger partial charge in [0.25, 0.3) is 0 Å².